The Hall–Kier alpha value is -1.52. The van der Waals surface area contributed by atoms with Crippen LogP contribution in [0.15, 0.2) is 30.5 Å². The van der Waals surface area contributed by atoms with Gasteiger partial charge < -0.3 is 5.32 Å². The van der Waals surface area contributed by atoms with Crippen molar-refractivity contribution in [1.29, 1.82) is 0 Å². The standard InChI is InChI=1S/C12H11Cl2N3O/c1-17-5-4-11(16-17)15-12(18)7-8-6-9(13)2-3-10(8)14/h2-6H,7H2,1H3,(H,15,16,18). The van der Waals surface area contributed by atoms with Gasteiger partial charge in [0.2, 0.25) is 5.91 Å². The first kappa shape index (κ1) is 12.9. The molecule has 0 saturated carbocycles. The van der Waals surface area contributed by atoms with E-state index in [1.165, 1.54) is 0 Å². The van der Waals surface area contributed by atoms with Crippen LogP contribution < -0.4 is 5.32 Å². The largest absolute Gasteiger partial charge is 0.309 e. The van der Waals surface area contributed by atoms with E-state index >= 15 is 0 Å². The van der Waals surface area contributed by atoms with Gasteiger partial charge in [-0.2, -0.15) is 5.10 Å². The van der Waals surface area contributed by atoms with Gasteiger partial charge >= 0.3 is 0 Å². The van der Waals surface area contributed by atoms with E-state index in [9.17, 15) is 4.79 Å². The molecule has 0 aliphatic heterocycles. The molecule has 4 nitrogen and oxygen atoms in total. The van der Waals surface area contributed by atoms with Crippen molar-refractivity contribution in [2.45, 2.75) is 6.42 Å². The Kier molecular flexibility index (Phi) is 3.89. The number of aryl methyl sites for hydroxylation is 1. The first-order valence-corrected chi connectivity index (χ1v) is 6.03. The van der Waals surface area contributed by atoms with Gasteiger partial charge in [-0.1, -0.05) is 23.2 Å². The Morgan fingerprint density at radius 3 is 2.83 bits per heavy atom. The maximum atomic E-state index is 11.8. The number of nitrogens with one attached hydrogen (secondary N) is 1. The van der Waals surface area contributed by atoms with E-state index in [4.69, 9.17) is 23.2 Å². The van der Waals surface area contributed by atoms with E-state index < -0.39 is 0 Å². The van der Waals surface area contributed by atoms with Crippen molar-refractivity contribution in [2.75, 3.05) is 5.32 Å². The highest BCUT2D eigenvalue weighted by atomic mass is 35.5. The summed E-state index contributed by atoms with van der Waals surface area (Å²) in [5.41, 5.74) is 0.692. The molecule has 18 heavy (non-hydrogen) atoms. The quantitative estimate of drug-likeness (QED) is 0.942. The molecule has 0 fully saturated rings. The van der Waals surface area contributed by atoms with Gasteiger partial charge in [-0.05, 0) is 23.8 Å². The number of anilines is 1. The smallest absolute Gasteiger partial charge is 0.230 e. The molecule has 0 unspecified atom stereocenters. The maximum Gasteiger partial charge on any atom is 0.230 e. The summed E-state index contributed by atoms with van der Waals surface area (Å²) < 4.78 is 1.61. The summed E-state index contributed by atoms with van der Waals surface area (Å²) in [6.07, 6.45) is 1.91. The second kappa shape index (κ2) is 5.42. The Balaban J connectivity index is 2.05. The molecule has 1 heterocycles. The average Bonchev–Trinajstić information content (AvgIpc) is 2.69. The SMILES string of the molecule is Cn1ccc(NC(=O)Cc2cc(Cl)ccc2Cl)n1. The highest BCUT2D eigenvalue weighted by Gasteiger charge is 2.09. The molecule has 1 aromatic carbocycles. The molecular formula is C12H11Cl2N3O. The van der Waals surface area contributed by atoms with Crippen molar-refractivity contribution in [2.24, 2.45) is 7.05 Å². The van der Waals surface area contributed by atoms with Gasteiger partial charge in [0.1, 0.15) is 0 Å². The molecule has 1 N–H and O–H groups in total. The Labute approximate surface area is 115 Å². The third-order valence-corrected chi connectivity index (χ3v) is 2.94. The number of hydrogen-bond acceptors (Lipinski definition) is 2. The van der Waals surface area contributed by atoms with Crippen molar-refractivity contribution in [3.05, 3.63) is 46.1 Å². The fraction of sp³-hybridized carbons (Fsp3) is 0.167. The second-order valence-corrected chi connectivity index (χ2v) is 4.68. The van der Waals surface area contributed by atoms with Crippen LogP contribution in [0.4, 0.5) is 5.82 Å². The molecule has 1 amide bonds. The number of carbonyl (C=O) groups is 1. The minimum atomic E-state index is -0.183. The molecule has 0 bridgehead atoms. The molecule has 2 rings (SSSR count). The Bertz CT molecular complexity index is 580. The van der Waals surface area contributed by atoms with Crippen molar-refractivity contribution in [1.82, 2.24) is 9.78 Å². The Morgan fingerprint density at radius 1 is 1.39 bits per heavy atom. The highest BCUT2D eigenvalue weighted by Crippen LogP contribution is 2.21. The summed E-state index contributed by atoms with van der Waals surface area (Å²) in [5.74, 6) is 0.332. The molecule has 0 aliphatic carbocycles. The van der Waals surface area contributed by atoms with Gasteiger partial charge in [-0.3, -0.25) is 9.48 Å². The summed E-state index contributed by atoms with van der Waals surface area (Å²) in [6, 6.07) is 6.76. The number of hydrogen-bond donors (Lipinski definition) is 1. The van der Waals surface area contributed by atoms with Crippen molar-refractivity contribution in [3.8, 4) is 0 Å². The van der Waals surface area contributed by atoms with Crippen LogP contribution in [0.5, 0.6) is 0 Å². The fourth-order valence-corrected chi connectivity index (χ4v) is 1.90. The zero-order valence-electron chi connectivity index (χ0n) is 9.65. The van der Waals surface area contributed by atoms with Crippen molar-refractivity contribution >= 4 is 34.9 Å². The lowest BCUT2D eigenvalue weighted by molar-refractivity contribution is -0.115. The molecule has 2 aromatic rings. The highest BCUT2D eigenvalue weighted by molar-refractivity contribution is 6.33. The third kappa shape index (κ3) is 3.24. The lowest BCUT2D eigenvalue weighted by Crippen LogP contribution is -2.15. The normalized spacial score (nSPS) is 10.4. The molecule has 0 radical (unpaired) electrons. The van der Waals surface area contributed by atoms with Crippen LogP contribution in [0, 0.1) is 0 Å². The van der Waals surface area contributed by atoms with Gasteiger partial charge in [0.25, 0.3) is 0 Å². The van der Waals surface area contributed by atoms with Gasteiger partial charge in [0.05, 0.1) is 6.42 Å². The average molecular weight is 284 g/mol. The van der Waals surface area contributed by atoms with Crippen LogP contribution in [0.1, 0.15) is 5.56 Å². The van der Waals surface area contributed by atoms with Crippen LogP contribution in [0.2, 0.25) is 10.0 Å². The predicted octanol–water partition coefficient (Wildman–Crippen LogP) is 2.91. The molecule has 1 aromatic heterocycles. The minimum absolute atomic E-state index is 0.163. The summed E-state index contributed by atoms with van der Waals surface area (Å²) in [7, 11) is 1.78. The van der Waals surface area contributed by atoms with E-state index in [1.807, 2.05) is 0 Å². The summed E-state index contributed by atoms with van der Waals surface area (Å²) in [6.45, 7) is 0. The summed E-state index contributed by atoms with van der Waals surface area (Å²) in [5, 5.41) is 7.82. The minimum Gasteiger partial charge on any atom is -0.309 e. The molecule has 0 saturated heterocycles. The first-order valence-electron chi connectivity index (χ1n) is 5.28. The molecule has 0 spiro atoms. The molecule has 6 heteroatoms. The van der Waals surface area contributed by atoms with E-state index in [-0.39, 0.29) is 12.3 Å². The summed E-state index contributed by atoms with van der Waals surface area (Å²) >= 11 is 11.8. The molecule has 0 aliphatic rings. The lowest BCUT2D eigenvalue weighted by atomic mass is 10.1. The Morgan fingerprint density at radius 2 is 2.17 bits per heavy atom. The van der Waals surface area contributed by atoms with Gasteiger partial charge in [0, 0.05) is 29.4 Å². The monoisotopic (exact) mass is 283 g/mol. The van der Waals surface area contributed by atoms with E-state index in [2.05, 4.69) is 10.4 Å². The van der Waals surface area contributed by atoms with E-state index in [0.29, 0.717) is 21.4 Å². The van der Waals surface area contributed by atoms with Gasteiger partial charge in [0.15, 0.2) is 5.82 Å². The molecule has 0 atom stereocenters. The van der Waals surface area contributed by atoms with Crippen LogP contribution in [0.25, 0.3) is 0 Å². The summed E-state index contributed by atoms with van der Waals surface area (Å²) in [4.78, 5) is 11.8. The van der Waals surface area contributed by atoms with Crippen LogP contribution in [-0.4, -0.2) is 15.7 Å². The number of carbonyl (C=O) groups excluding carboxylic acids is 1. The number of benzene rings is 1. The molecule has 94 valence electrons. The van der Waals surface area contributed by atoms with Gasteiger partial charge in [-0.15, -0.1) is 0 Å². The number of aromatic nitrogens is 2. The number of nitrogens with zero attached hydrogens (tertiary/aromatic N) is 2. The van der Waals surface area contributed by atoms with Crippen molar-refractivity contribution < 1.29 is 4.79 Å². The van der Waals surface area contributed by atoms with Crippen LogP contribution >= 0.6 is 23.2 Å². The topological polar surface area (TPSA) is 46.9 Å². The third-order valence-electron chi connectivity index (χ3n) is 2.34. The maximum absolute atomic E-state index is 11.8. The second-order valence-electron chi connectivity index (χ2n) is 3.84. The van der Waals surface area contributed by atoms with E-state index in [1.54, 1.807) is 42.2 Å². The number of rotatable bonds is 3. The predicted molar refractivity (Wildman–Crippen MR) is 72.0 cm³/mol. The van der Waals surface area contributed by atoms with E-state index in [0.717, 1.165) is 0 Å². The zero-order valence-corrected chi connectivity index (χ0v) is 11.2. The first-order chi connectivity index (χ1) is 8.54. The number of halogens is 2. The fourth-order valence-electron chi connectivity index (χ4n) is 1.52. The van der Waals surface area contributed by atoms with Crippen LogP contribution in [0.3, 0.4) is 0 Å². The lowest BCUT2D eigenvalue weighted by Gasteiger charge is -2.05. The number of amides is 1. The van der Waals surface area contributed by atoms with Crippen molar-refractivity contribution in [3.63, 3.8) is 0 Å². The zero-order chi connectivity index (χ0) is 13.1. The van der Waals surface area contributed by atoms with Crippen LogP contribution in [-0.2, 0) is 18.3 Å². The van der Waals surface area contributed by atoms with Gasteiger partial charge in [-0.25, -0.2) is 0 Å². The molecular weight excluding hydrogens is 273 g/mol.